The molecule has 0 saturated carbocycles. The van der Waals surface area contributed by atoms with Gasteiger partial charge in [-0.15, -0.1) is 23.1 Å². The number of rotatable bonds is 8. The predicted molar refractivity (Wildman–Crippen MR) is 152 cm³/mol. The summed E-state index contributed by atoms with van der Waals surface area (Å²) in [5.74, 6) is -0.571. The summed E-state index contributed by atoms with van der Waals surface area (Å²) in [5, 5.41) is 13.6. The Kier molecular flexibility index (Phi) is 8.14. The number of methoxy groups -OCH3 is 1. The van der Waals surface area contributed by atoms with E-state index in [2.05, 4.69) is 10.3 Å². The van der Waals surface area contributed by atoms with E-state index in [0.29, 0.717) is 31.4 Å². The first-order chi connectivity index (χ1) is 17.6. The quantitative estimate of drug-likeness (QED) is 0.208. The molecule has 190 valence electrons. The lowest BCUT2D eigenvalue weighted by Gasteiger charge is -2.18. The molecular formula is C27H22Cl2N2O4S2. The molecule has 0 bridgehead atoms. The van der Waals surface area contributed by atoms with Crippen molar-refractivity contribution in [2.45, 2.75) is 23.5 Å². The number of anilines is 1. The molecule has 1 heterocycles. The summed E-state index contributed by atoms with van der Waals surface area (Å²) in [6.45, 7) is 3.32. The highest BCUT2D eigenvalue weighted by Gasteiger charge is 2.28. The molecule has 1 aromatic heterocycles. The Morgan fingerprint density at radius 1 is 0.973 bits per heavy atom. The summed E-state index contributed by atoms with van der Waals surface area (Å²) in [7, 11) is 1.59. The lowest BCUT2D eigenvalue weighted by atomic mass is 10.1. The van der Waals surface area contributed by atoms with Crippen molar-refractivity contribution in [1.29, 1.82) is 0 Å². The van der Waals surface area contributed by atoms with E-state index in [1.165, 1.54) is 23.1 Å². The molecule has 0 aliphatic carbocycles. The molecule has 37 heavy (non-hydrogen) atoms. The molecule has 2 N–H and O–H groups in total. The fraction of sp³-hybridized carbons (Fsp3) is 0.148. The monoisotopic (exact) mass is 572 g/mol. The van der Waals surface area contributed by atoms with E-state index < -0.39 is 10.7 Å². The Morgan fingerprint density at radius 3 is 2.22 bits per heavy atom. The van der Waals surface area contributed by atoms with E-state index in [0.717, 1.165) is 16.0 Å². The number of aromatic nitrogens is 1. The average molecular weight is 574 g/mol. The van der Waals surface area contributed by atoms with Crippen molar-refractivity contribution in [3.05, 3.63) is 82.5 Å². The molecule has 0 saturated heterocycles. The number of carbonyl (C=O) groups excluding carboxylic acids is 1. The van der Waals surface area contributed by atoms with Gasteiger partial charge in [-0.2, -0.15) is 0 Å². The minimum Gasteiger partial charge on any atom is -0.497 e. The summed E-state index contributed by atoms with van der Waals surface area (Å²) in [5.41, 5.74) is 2.39. The molecule has 0 atom stereocenters. The van der Waals surface area contributed by atoms with E-state index >= 15 is 0 Å². The van der Waals surface area contributed by atoms with Gasteiger partial charge in [0, 0.05) is 16.1 Å². The van der Waals surface area contributed by atoms with Crippen LogP contribution in [0.4, 0.5) is 5.69 Å². The van der Waals surface area contributed by atoms with Crippen LogP contribution in [-0.2, 0) is 4.79 Å². The van der Waals surface area contributed by atoms with Crippen LogP contribution < -0.4 is 10.1 Å². The van der Waals surface area contributed by atoms with Crippen molar-refractivity contribution in [2.24, 2.45) is 0 Å². The highest BCUT2D eigenvalue weighted by Crippen LogP contribution is 2.38. The number of hydrogen-bond donors (Lipinski definition) is 2. The van der Waals surface area contributed by atoms with Crippen molar-refractivity contribution in [3.63, 3.8) is 0 Å². The number of halogens is 2. The van der Waals surface area contributed by atoms with E-state index in [1.807, 2.05) is 48.5 Å². The number of nitrogens with zero attached hydrogens (tertiary/aromatic N) is 1. The number of aliphatic carboxylic acids is 1. The topological polar surface area (TPSA) is 88.5 Å². The van der Waals surface area contributed by atoms with Gasteiger partial charge in [-0.3, -0.25) is 9.59 Å². The zero-order valence-electron chi connectivity index (χ0n) is 20.0. The van der Waals surface area contributed by atoms with Crippen LogP contribution in [0.15, 0.2) is 71.6 Å². The molecule has 0 unspecified atom stereocenters. The Hall–Kier alpha value is -3.04. The SMILES string of the molecule is COc1ccc(-c2sc(-c3ccc(SC(C)(C)C(=O)O)cc3)nc2C(=O)Nc2ccc(Cl)c(Cl)c2)cc1. The van der Waals surface area contributed by atoms with Gasteiger partial charge in [-0.05, 0) is 74.0 Å². The molecule has 0 aliphatic heterocycles. The van der Waals surface area contributed by atoms with Gasteiger partial charge < -0.3 is 15.2 Å². The van der Waals surface area contributed by atoms with Gasteiger partial charge >= 0.3 is 5.97 Å². The first kappa shape index (κ1) is 27.0. The van der Waals surface area contributed by atoms with Gasteiger partial charge in [-0.1, -0.05) is 35.3 Å². The fourth-order valence-electron chi connectivity index (χ4n) is 3.30. The van der Waals surface area contributed by atoms with Crippen molar-refractivity contribution in [1.82, 2.24) is 4.98 Å². The lowest BCUT2D eigenvalue weighted by molar-refractivity contribution is -0.138. The highest BCUT2D eigenvalue weighted by atomic mass is 35.5. The zero-order chi connectivity index (χ0) is 26.7. The summed E-state index contributed by atoms with van der Waals surface area (Å²) >= 11 is 14.8. The molecule has 0 radical (unpaired) electrons. The van der Waals surface area contributed by atoms with Gasteiger partial charge in [0.05, 0.1) is 22.0 Å². The molecule has 0 aliphatic rings. The number of carboxylic acid groups (broad SMARTS) is 1. The largest absolute Gasteiger partial charge is 0.497 e. The van der Waals surface area contributed by atoms with Crippen molar-refractivity contribution in [2.75, 3.05) is 12.4 Å². The zero-order valence-corrected chi connectivity index (χ0v) is 23.2. The molecule has 4 aromatic rings. The summed E-state index contributed by atoms with van der Waals surface area (Å²) in [6.07, 6.45) is 0. The van der Waals surface area contributed by atoms with Crippen LogP contribution in [0.3, 0.4) is 0 Å². The number of nitrogens with one attached hydrogen (secondary N) is 1. The third-order valence-electron chi connectivity index (χ3n) is 5.36. The summed E-state index contributed by atoms with van der Waals surface area (Å²) in [4.78, 5) is 31.0. The highest BCUT2D eigenvalue weighted by molar-refractivity contribution is 8.01. The maximum absolute atomic E-state index is 13.3. The third kappa shape index (κ3) is 6.27. The molecule has 3 aromatic carbocycles. The van der Waals surface area contributed by atoms with Crippen molar-refractivity contribution >= 4 is 63.9 Å². The second kappa shape index (κ2) is 11.1. The smallest absolute Gasteiger partial charge is 0.319 e. The third-order valence-corrected chi connectivity index (χ3v) is 8.45. The Morgan fingerprint density at radius 2 is 1.62 bits per heavy atom. The van der Waals surface area contributed by atoms with Crippen LogP contribution in [0.25, 0.3) is 21.0 Å². The lowest BCUT2D eigenvalue weighted by Crippen LogP contribution is -2.26. The van der Waals surface area contributed by atoms with E-state index in [1.54, 1.807) is 39.2 Å². The minimum atomic E-state index is -0.958. The van der Waals surface area contributed by atoms with Crippen LogP contribution >= 0.6 is 46.3 Å². The number of carbonyl (C=O) groups is 2. The maximum Gasteiger partial charge on any atom is 0.319 e. The van der Waals surface area contributed by atoms with E-state index in [9.17, 15) is 14.7 Å². The molecule has 6 nitrogen and oxygen atoms in total. The molecule has 4 rings (SSSR count). The van der Waals surface area contributed by atoms with Crippen LogP contribution in [0, 0.1) is 0 Å². The fourth-order valence-corrected chi connectivity index (χ4v) is 5.62. The molecule has 0 spiro atoms. The van der Waals surface area contributed by atoms with Crippen molar-refractivity contribution < 1.29 is 19.4 Å². The predicted octanol–water partition coefficient (Wildman–Crippen LogP) is 8.00. The van der Waals surface area contributed by atoms with Gasteiger partial charge in [-0.25, -0.2) is 4.98 Å². The first-order valence-corrected chi connectivity index (χ1v) is 13.4. The maximum atomic E-state index is 13.3. The molecule has 0 fully saturated rings. The standard InChI is InChI=1S/C27H22Cl2N2O4S2/c1-27(2,26(33)34)37-19-11-6-16(7-12-19)25-31-22(23(36-25)15-4-9-18(35-3)10-5-15)24(32)30-17-8-13-20(28)21(29)14-17/h4-14H,1-3H3,(H,30,32)(H,33,34). The van der Waals surface area contributed by atoms with Crippen LogP contribution in [0.5, 0.6) is 5.75 Å². The van der Waals surface area contributed by atoms with Crippen LogP contribution in [0.2, 0.25) is 10.0 Å². The number of thioether (sulfide) groups is 1. The number of amides is 1. The summed E-state index contributed by atoms with van der Waals surface area (Å²) in [6, 6.07) is 19.7. The van der Waals surface area contributed by atoms with E-state index in [-0.39, 0.29) is 11.6 Å². The van der Waals surface area contributed by atoms with Crippen LogP contribution in [-0.4, -0.2) is 33.8 Å². The number of ether oxygens (including phenoxy) is 1. The molecule has 10 heteroatoms. The second-order valence-electron chi connectivity index (χ2n) is 8.45. The van der Waals surface area contributed by atoms with E-state index in [4.69, 9.17) is 27.9 Å². The Balaban J connectivity index is 1.69. The average Bonchev–Trinajstić information content (AvgIpc) is 3.32. The Bertz CT molecular complexity index is 1450. The first-order valence-electron chi connectivity index (χ1n) is 11.0. The number of thiazole rings is 1. The van der Waals surface area contributed by atoms with Gasteiger partial charge in [0.15, 0.2) is 0 Å². The van der Waals surface area contributed by atoms with Gasteiger partial charge in [0.1, 0.15) is 21.2 Å². The molecular weight excluding hydrogens is 551 g/mol. The number of carboxylic acids is 1. The Labute approximate surface area is 232 Å². The van der Waals surface area contributed by atoms with Crippen molar-refractivity contribution in [3.8, 4) is 26.8 Å². The van der Waals surface area contributed by atoms with Gasteiger partial charge in [0.25, 0.3) is 5.91 Å². The van der Waals surface area contributed by atoms with Crippen LogP contribution in [0.1, 0.15) is 24.3 Å². The normalized spacial score (nSPS) is 11.3. The number of hydrogen-bond acceptors (Lipinski definition) is 6. The summed E-state index contributed by atoms with van der Waals surface area (Å²) < 4.78 is 4.31. The van der Waals surface area contributed by atoms with Gasteiger partial charge in [0.2, 0.25) is 0 Å². The minimum absolute atomic E-state index is 0.265. The second-order valence-corrected chi connectivity index (χ2v) is 12.0. The molecule has 1 amide bonds. The number of benzene rings is 3.